The molecule has 132 valence electrons. The molecule has 0 saturated carbocycles. The molecule has 0 radical (unpaired) electrons. The molecule has 26 heavy (non-hydrogen) atoms. The van der Waals surface area contributed by atoms with Gasteiger partial charge in [-0.3, -0.25) is 9.59 Å². The van der Waals surface area contributed by atoms with Gasteiger partial charge in [-0.05, 0) is 23.8 Å². The molecule has 0 unspecified atom stereocenters. The van der Waals surface area contributed by atoms with Crippen LogP contribution < -0.4 is 10.3 Å². The molecule has 6 heteroatoms. The van der Waals surface area contributed by atoms with E-state index in [4.69, 9.17) is 4.74 Å². The maximum absolute atomic E-state index is 12.4. The highest BCUT2D eigenvalue weighted by Gasteiger charge is 2.32. The number of fused-ring (bicyclic) bond motifs is 1. The number of nitrogens with zero attached hydrogens (tertiary/aromatic N) is 2. The van der Waals surface area contributed by atoms with Gasteiger partial charge in [-0.25, -0.2) is 4.98 Å². The minimum absolute atomic E-state index is 0.0799. The van der Waals surface area contributed by atoms with Crippen LogP contribution >= 0.6 is 0 Å². The van der Waals surface area contributed by atoms with Crippen molar-refractivity contribution >= 4 is 16.8 Å². The average molecular weight is 349 g/mol. The molecule has 1 aliphatic rings. The number of H-pyrrole nitrogens is 1. The van der Waals surface area contributed by atoms with Gasteiger partial charge >= 0.3 is 0 Å². The molecule has 1 atom stereocenters. The largest absolute Gasteiger partial charge is 0.497 e. The number of nitrogens with one attached hydrogen (secondary N) is 1. The summed E-state index contributed by atoms with van der Waals surface area (Å²) >= 11 is 0. The first-order chi connectivity index (χ1) is 12.6. The lowest BCUT2D eigenvalue weighted by Gasteiger charge is -2.16. The van der Waals surface area contributed by atoms with Crippen LogP contribution in [0.25, 0.3) is 10.9 Å². The van der Waals surface area contributed by atoms with Gasteiger partial charge in [0, 0.05) is 25.4 Å². The van der Waals surface area contributed by atoms with E-state index >= 15 is 0 Å². The maximum Gasteiger partial charge on any atom is 0.258 e. The number of rotatable bonds is 4. The quantitative estimate of drug-likeness (QED) is 0.785. The third-order valence-corrected chi connectivity index (χ3v) is 4.75. The summed E-state index contributed by atoms with van der Waals surface area (Å²) in [5, 5.41) is 0.485. The van der Waals surface area contributed by atoms with Crippen LogP contribution in [-0.4, -0.2) is 34.4 Å². The minimum atomic E-state index is -0.210. The molecule has 2 heterocycles. The Kier molecular flexibility index (Phi) is 4.16. The van der Waals surface area contributed by atoms with E-state index in [9.17, 15) is 9.59 Å². The Morgan fingerprint density at radius 3 is 2.77 bits per heavy atom. The smallest absolute Gasteiger partial charge is 0.258 e. The molecule has 1 saturated heterocycles. The third kappa shape index (κ3) is 3.06. The van der Waals surface area contributed by atoms with Crippen LogP contribution in [0.3, 0.4) is 0 Å². The Morgan fingerprint density at radius 2 is 2.00 bits per heavy atom. The Labute approximate surface area is 150 Å². The van der Waals surface area contributed by atoms with E-state index in [0.29, 0.717) is 42.0 Å². The fraction of sp³-hybridized carbons (Fsp3) is 0.250. The first-order valence-corrected chi connectivity index (χ1v) is 8.53. The van der Waals surface area contributed by atoms with Crippen LogP contribution in [0.4, 0.5) is 0 Å². The van der Waals surface area contributed by atoms with Gasteiger partial charge in [-0.15, -0.1) is 0 Å². The van der Waals surface area contributed by atoms with Gasteiger partial charge in [0.25, 0.3) is 5.56 Å². The zero-order valence-electron chi connectivity index (χ0n) is 14.4. The SMILES string of the molecule is COc1ccc2nc([C@@H]3CC(=O)N(Cc4ccccc4)C3)[nH]c(=O)c2c1. The van der Waals surface area contributed by atoms with Crippen LogP contribution in [0, 0.1) is 0 Å². The molecular formula is C20H19N3O3. The summed E-state index contributed by atoms with van der Waals surface area (Å²) in [6.45, 7) is 1.13. The van der Waals surface area contributed by atoms with Crippen LogP contribution in [0.2, 0.25) is 0 Å². The van der Waals surface area contributed by atoms with Crippen LogP contribution in [0.1, 0.15) is 23.7 Å². The van der Waals surface area contributed by atoms with Crippen molar-refractivity contribution < 1.29 is 9.53 Å². The van der Waals surface area contributed by atoms with Crippen molar-refractivity contribution in [1.82, 2.24) is 14.9 Å². The number of methoxy groups -OCH3 is 1. The second-order valence-corrected chi connectivity index (χ2v) is 6.50. The molecular weight excluding hydrogens is 330 g/mol. The number of carbonyl (C=O) groups excluding carboxylic acids is 1. The Morgan fingerprint density at radius 1 is 1.19 bits per heavy atom. The third-order valence-electron chi connectivity index (χ3n) is 4.75. The molecule has 0 spiro atoms. The number of hydrogen-bond acceptors (Lipinski definition) is 4. The highest BCUT2D eigenvalue weighted by atomic mass is 16.5. The first-order valence-electron chi connectivity index (χ1n) is 8.53. The van der Waals surface area contributed by atoms with E-state index in [1.807, 2.05) is 35.2 Å². The summed E-state index contributed by atoms with van der Waals surface area (Å²) in [5.41, 5.74) is 1.49. The lowest BCUT2D eigenvalue weighted by molar-refractivity contribution is -0.128. The monoisotopic (exact) mass is 349 g/mol. The summed E-state index contributed by atoms with van der Waals surface area (Å²) in [6, 6.07) is 15.1. The zero-order valence-corrected chi connectivity index (χ0v) is 14.4. The highest BCUT2D eigenvalue weighted by Crippen LogP contribution is 2.27. The maximum atomic E-state index is 12.4. The van der Waals surface area contributed by atoms with Crippen molar-refractivity contribution in [1.29, 1.82) is 0 Å². The number of ether oxygens (including phenoxy) is 1. The van der Waals surface area contributed by atoms with Crippen LogP contribution in [-0.2, 0) is 11.3 Å². The first kappa shape index (κ1) is 16.3. The molecule has 1 aliphatic heterocycles. The molecule has 1 amide bonds. The van der Waals surface area contributed by atoms with Gasteiger partial charge in [-0.2, -0.15) is 0 Å². The second-order valence-electron chi connectivity index (χ2n) is 6.50. The Balaban J connectivity index is 1.60. The van der Waals surface area contributed by atoms with E-state index in [-0.39, 0.29) is 17.4 Å². The fourth-order valence-corrected chi connectivity index (χ4v) is 3.37. The van der Waals surface area contributed by atoms with Crippen molar-refractivity contribution in [2.24, 2.45) is 0 Å². The van der Waals surface area contributed by atoms with E-state index < -0.39 is 0 Å². The number of carbonyl (C=O) groups is 1. The molecule has 2 aromatic carbocycles. The Hall–Kier alpha value is -3.15. The van der Waals surface area contributed by atoms with Gasteiger partial charge < -0.3 is 14.6 Å². The van der Waals surface area contributed by atoms with Crippen molar-refractivity contribution in [3.63, 3.8) is 0 Å². The van der Waals surface area contributed by atoms with E-state index in [2.05, 4.69) is 9.97 Å². The molecule has 6 nitrogen and oxygen atoms in total. The van der Waals surface area contributed by atoms with Crippen LogP contribution in [0.5, 0.6) is 5.75 Å². The molecule has 1 aromatic heterocycles. The normalized spacial score (nSPS) is 17.0. The average Bonchev–Trinajstić information content (AvgIpc) is 3.03. The second kappa shape index (κ2) is 6.63. The van der Waals surface area contributed by atoms with Crippen molar-refractivity contribution in [2.75, 3.05) is 13.7 Å². The van der Waals surface area contributed by atoms with E-state index in [0.717, 1.165) is 5.56 Å². The predicted molar refractivity (Wildman–Crippen MR) is 98.1 cm³/mol. The van der Waals surface area contributed by atoms with Crippen LogP contribution in [0.15, 0.2) is 53.3 Å². The van der Waals surface area contributed by atoms with Gasteiger partial charge in [0.1, 0.15) is 11.6 Å². The summed E-state index contributed by atoms with van der Waals surface area (Å²) in [4.78, 5) is 34.1. The molecule has 1 N–H and O–H groups in total. The zero-order chi connectivity index (χ0) is 18.1. The molecule has 1 fully saturated rings. The Bertz CT molecular complexity index is 1010. The predicted octanol–water partition coefficient (Wildman–Crippen LogP) is 2.45. The summed E-state index contributed by atoms with van der Waals surface area (Å²) in [7, 11) is 1.56. The fourth-order valence-electron chi connectivity index (χ4n) is 3.37. The van der Waals surface area contributed by atoms with Crippen molar-refractivity contribution in [3.05, 3.63) is 70.3 Å². The van der Waals surface area contributed by atoms with Gasteiger partial charge in [0.2, 0.25) is 5.91 Å². The van der Waals surface area contributed by atoms with E-state index in [1.165, 1.54) is 0 Å². The van der Waals surface area contributed by atoms with Crippen molar-refractivity contribution in [3.8, 4) is 5.75 Å². The standard InChI is InChI=1S/C20H19N3O3/c1-26-15-7-8-17-16(10-15)20(25)22-19(21-17)14-9-18(24)23(12-14)11-13-5-3-2-4-6-13/h2-8,10,14H,9,11-12H2,1H3,(H,21,22,25)/t14-/m1/s1. The molecule has 4 rings (SSSR count). The molecule has 0 bridgehead atoms. The van der Waals surface area contributed by atoms with Gasteiger partial charge in [0.15, 0.2) is 0 Å². The highest BCUT2D eigenvalue weighted by molar-refractivity contribution is 5.81. The number of amides is 1. The lowest BCUT2D eigenvalue weighted by Crippen LogP contribution is -2.24. The minimum Gasteiger partial charge on any atom is -0.497 e. The van der Waals surface area contributed by atoms with Gasteiger partial charge in [0.05, 0.1) is 18.0 Å². The molecule has 0 aliphatic carbocycles. The summed E-state index contributed by atoms with van der Waals surface area (Å²) in [6.07, 6.45) is 0.359. The number of benzene rings is 2. The number of aromatic amines is 1. The summed E-state index contributed by atoms with van der Waals surface area (Å²) in [5.74, 6) is 1.15. The number of likely N-dealkylation sites (tertiary alicyclic amines) is 1. The van der Waals surface area contributed by atoms with Crippen molar-refractivity contribution in [2.45, 2.75) is 18.9 Å². The summed E-state index contributed by atoms with van der Waals surface area (Å²) < 4.78 is 5.16. The topological polar surface area (TPSA) is 75.3 Å². The lowest BCUT2D eigenvalue weighted by atomic mass is 10.1. The number of hydrogen-bond donors (Lipinski definition) is 1. The van der Waals surface area contributed by atoms with Gasteiger partial charge in [-0.1, -0.05) is 30.3 Å². The molecule has 3 aromatic rings. The van der Waals surface area contributed by atoms with E-state index in [1.54, 1.807) is 25.3 Å². The number of aromatic nitrogens is 2.